The van der Waals surface area contributed by atoms with Crippen LogP contribution < -0.4 is 15.4 Å². The molecule has 0 aliphatic rings. The van der Waals surface area contributed by atoms with Crippen LogP contribution in [0.4, 0.5) is 0 Å². The summed E-state index contributed by atoms with van der Waals surface area (Å²) in [6, 6.07) is 26.0. The van der Waals surface area contributed by atoms with Crippen molar-refractivity contribution in [2.75, 3.05) is 13.7 Å². The monoisotopic (exact) mass is 400 g/mol. The van der Waals surface area contributed by atoms with Gasteiger partial charge in [-0.3, -0.25) is 9.59 Å². The zero-order chi connectivity index (χ0) is 21.2. The first-order valence-corrected chi connectivity index (χ1v) is 9.70. The van der Waals surface area contributed by atoms with Crippen molar-refractivity contribution in [2.24, 2.45) is 0 Å². The molecule has 0 saturated carbocycles. The Bertz CT molecular complexity index is 998. The molecule has 0 aliphatic heterocycles. The maximum absolute atomic E-state index is 12.8. The average molecular weight is 400 g/mol. The van der Waals surface area contributed by atoms with Crippen LogP contribution in [0.25, 0.3) is 6.08 Å². The predicted octanol–water partition coefficient (Wildman–Crippen LogP) is 3.83. The van der Waals surface area contributed by atoms with E-state index in [4.69, 9.17) is 4.74 Å². The van der Waals surface area contributed by atoms with E-state index in [0.717, 1.165) is 11.1 Å². The van der Waals surface area contributed by atoms with Gasteiger partial charge in [-0.1, -0.05) is 60.7 Å². The second-order valence-electron chi connectivity index (χ2n) is 6.64. The fraction of sp³-hybridized carbons (Fsp3) is 0.120. The Morgan fingerprint density at radius 3 is 2.13 bits per heavy atom. The van der Waals surface area contributed by atoms with Crippen LogP contribution in [0.2, 0.25) is 0 Å². The summed E-state index contributed by atoms with van der Waals surface area (Å²) in [5.74, 6) is -0.0417. The normalized spacial score (nSPS) is 10.9. The maximum Gasteiger partial charge on any atom is 0.267 e. The van der Waals surface area contributed by atoms with Crippen LogP contribution in [0.5, 0.6) is 5.75 Å². The van der Waals surface area contributed by atoms with Crippen LogP contribution in [0.1, 0.15) is 21.5 Å². The van der Waals surface area contributed by atoms with Gasteiger partial charge >= 0.3 is 0 Å². The number of hydrogen-bond acceptors (Lipinski definition) is 3. The lowest BCUT2D eigenvalue weighted by atomic mass is 10.1. The van der Waals surface area contributed by atoms with E-state index < -0.39 is 0 Å². The van der Waals surface area contributed by atoms with Crippen LogP contribution in [-0.4, -0.2) is 25.5 Å². The minimum atomic E-state index is -0.363. The van der Waals surface area contributed by atoms with Crippen LogP contribution in [0.3, 0.4) is 0 Å². The van der Waals surface area contributed by atoms with E-state index in [1.54, 1.807) is 37.5 Å². The highest BCUT2D eigenvalue weighted by molar-refractivity contribution is 6.05. The molecule has 3 aromatic carbocycles. The third kappa shape index (κ3) is 6.07. The van der Waals surface area contributed by atoms with Crippen molar-refractivity contribution in [1.29, 1.82) is 0 Å². The molecular formula is C25H24N2O3. The third-order valence-electron chi connectivity index (χ3n) is 4.50. The summed E-state index contributed by atoms with van der Waals surface area (Å²) < 4.78 is 5.12. The summed E-state index contributed by atoms with van der Waals surface area (Å²) in [7, 11) is 1.57. The molecule has 2 N–H and O–H groups in total. The molecule has 2 amide bonds. The van der Waals surface area contributed by atoms with Gasteiger partial charge in [-0.25, -0.2) is 0 Å². The lowest BCUT2D eigenvalue weighted by molar-refractivity contribution is -0.117. The Morgan fingerprint density at radius 2 is 1.50 bits per heavy atom. The highest BCUT2D eigenvalue weighted by Crippen LogP contribution is 2.12. The zero-order valence-corrected chi connectivity index (χ0v) is 16.8. The van der Waals surface area contributed by atoms with Gasteiger partial charge in [0.15, 0.2) is 0 Å². The summed E-state index contributed by atoms with van der Waals surface area (Å²) in [5.41, 5.74) is 2.58. The molecule has 5 heteroatoms. The van der Waals surface area contributed by atoms with Crippen LogP contribution in [0, 0.1) is 0 Å². The molecule has 0 aromatic heterocycles. The van der Waals surface area contributed by atoms with E-state index in [1.165, 1.54) is 0 Å². The van der Waals surface area contributed by atoms with Crippen molar-refractivity contribution in [1.82, 2.24) is 10.6 Å². The number of hydrogen-bond donors (Lipinski definition) is 2. The molecule has 0 aliphatic carbocycles. The van der Waals surface area contributed by atoms with Gasteiger partial charge in [0.1, 0.15) is 11.4 Å². The Balaban J connectivity index is 1.71. The first-order chi connectivity index (χ1) is 14.7. The molecule has 152 valence electrons. The molecule has 5 nitrogen and oxygen atoms in total. The first-order valence-electron chi connectivity index (χ1n) is 9.70. The summed E-state index contributed by atoms with van der Waals surface area (Å²) in [6.45, 7) is 0.466. The molecule has 3 rings (SSSR count). The number of amides is 2. The largest absolute Gasteiger partial charge is 0.497 e. The van der Waals surface area contributed by atoms with Crippen molar-refractivity contribution in [3.8, 4) is 5.75 Å². The fourth-order valence-corrected chi connectivity index (χ4v) is 2.87. The Labute approximate surface area is 176 Å². The average Bonchev–Trinajstić information content (AvgIpc) is 2.80. The number of benzene rings is 3. The lowest BCUT2D eigenvalue weighted by Crippen LogP contribution is -2.35. The lowest BCUT2D eigenvalue weighted by Gasteiger charge is -2.12. The molecule has 0 atom stereocenters. The zero-order valence-electron chi connectivity index (χ0n) is 16.8. The number of methoxy groups -OCH3 is 1. The van der Waals surface area contributed by atoms with Gasteiger partial charge in [-0.15, -0.1) is 0 Å². The number of carbonyl (C=O) groups excluding carboxylic acids is 2. The van der Waals surface area contributed by atoms with E-state index in [9.17, 15) is 9.59 Å². The molecule has 0 heterocycles. The van der Waals surface area contributed by atoms with Crippen molar-refractivity contribution in [3.63, 3.8) is 0 Å². The fourth-order valence-electron chi connectivity index (χ4n) is 2.87. The first kappa shape index (κ1) is 20.9. The summed E-state index contributed by atoms with van der Waals surface area (Å²) >= 11 is 0. The number of nitrogens with one attached hydrogen (secondary N) is 2. The van der Waals surface area contributed by atoms with Gasteiger partial charge in [0.05, 0.1) is 7.11 Å². The van der Waals surface area contributed by atoms with E-state index >= 15 is 0 Å². The van der Waals surface area contributed by atoms with Gasteiger partial charge in [0, 0.05) is 12.1 Å². The second kappa shape index (κ2) is 10.6. The minimum Gasteiger partial charge on any atom is -0.497 e. The Hall–Kier alpha value is -3.86. The topological polar surface area (TPSA) is 67.4 Å². The molecule has 0 fully saturated rings. The molecule has 0 spiro atoms. The summed E-state index contributed by atoms with van der Waals surface area (Å²) in [5, 5.41) is 5.62. The van der Waals surface area contributed by atoms with Crippen LogP contribution in [-0.2, 0) is 11.2 Å². The quantitative estimate of drug-likeness (QED) is 0.565. The van der Waals surface area contributed by atoms with Gasteiger partial charge in [-0.2, -0.15) is 0 Å². The molecule has 0 radical (unpaired) electrons. The highest BCUT2D eigenvalue weighted by atomic mass is 16.5. The van der Waals surface area contributed by atoms with E-state index in [0.29, 0.717) is 24.3 Å². The third-order valence-corrected chi connectivity index (χ3v) is 4.50. The Morgan fingerprint density at radius 1 is 0.867 bits per heavy atom. The smallest absolute Gasteiger partial charge is 0.267 e. The molecule has 0 saturated heterocycles. The SMILES string of the molecule is COc1ccc(C(=O)NC(=Cc2ccccc2)C(=O)NCCc2ccccc2)cc1. The van der Waals surface area contributed by atoms with Crippen molar-refractivity contribution in [3.05, 3.63) is 107 Å². The standard InChI is InChI=1S/C25H24N2O3/c1-30-22-14-12-21(13-15-22)24(28)27-23(18-20-10-6-3-7-11-20)25(29)26-17-16-19-8-4-2-5-9-19/h2-15,18H,16-17H2,1H3,(H,26,29)(H,27,28). The number of carbonyl (C=O) groups is 2. The minimum absolute atomic E-state index is 0.190. The highest BCUT2D eigenvalue weighted by Gasteiger charge is 2.14. The molecular weight excluding hydrogens is 376 g/mol. The van der Waals surface area contributed by atoms with Crippen molar-refractivity contribution in [2.45, 2.75) is 6.42 Å². The van der Waals surface area contributed by atoms with Gasteiger partial charge in [-0.05, 0) is 47.9 Å². The maximum atomic E-state index is 12.8. The predicted molar refractivity (Wildman–Crippen MR) is 118 cm³/mol. The number of rotatable bonds is 8. The van der Waals surface area contributed by atoms with Crippen molar-refractivity contribution >= 4 is 17.9 Å². The molecule has 30 heavy (non-hydrogen) atoms. The second-order valence-corrected chi connectivity index (χ2v) is 6.64. The van der Waals surface area contributed by atoms with Gasteiger partial charge < -0.3 is 15.4 Å². The van der Waals surface area contributed by atoms with Crippen LogP contribution >= 0.6 is 0 Å². The van der Waals surface area contributed by atoms with Crippen LogP contribution in [0.15, 0.2) is 90.6 Å². The van der Waals surface area contributed by atoms with E-state index in [2.05, 4.69) is 10.6 Å². The van der Waals surface area contributed by atoms with Gasteiger partial charge in [0.25, 0.3) is 11.8 Å². The molecule has 3 aromatic rings. The van der Waals surface area contributed by atoms with Gasteiger partial charge in [0.2, 0.25) is 0 Å². The molecule has 0 unspecified atom stereocenters. The summed E-state index contributed by atoms with van der Waals surface area (Å²) in [6.07, 6.45) is 2.37. The van der Waals surface area contributed by atoms with E-state index in [-0.39, 0.29) is 17.5 Å². The van der Waals surface area contributed by atoms with E-state index in [1.807, 2.05) is 60.7 Å². The number of ether oxygens (including phenoxy) is 1. The molecule has 0 bridgehead atoms. The van der Waals surface area contributed by atoms with Crippen molar-refractivity contribution < 1.29 is 14.3 Å². The summed E-state index contributed by atoms with van der Waals surface area (Å²) in [4.78, 5) is 25.5. The Kier molecular flexibility index (Phi) is 7.39.